The monoisotopic (exact) mass is 841 g/mol. The summed E-state index contributed by atoms with van der Waals surface area (Å²) in [5, 5.41) is 27.9. The molecule has 0 radical (unpaired) electrons. The van der Waals surface area contributed by atoms with Crippen LogP contribution < -0.4 is 75.1 Å². The summed E-state index contributed by atoms with van der Waals surface area (Å²) in [7, 11) is -10.1. The van der Waals surface area contributed by atoms with Gasteiger partial charge in [-0.3, -0.25) is 0 Å². The van der Waals surface area contributed by atoms with E-state index in [0.717, 1.165) is 6.07 Å². The van der Waals surface area contributed by atoms with Gasteiger partial charge in [0.1, 0.15) is 37.7 Å². The van der Waals surface area contributed by atoms with Crippen molar-refractivity contribution in [3.05, 3.63) is 131 Å². The van der Waals surface area contributed by atoms with Crippen molar-refractivity contribution in [1.82, 2.24) is 29.9 Å². The van der Waals surface area contributed by atoms with Crippen LogP contribution in [0.1, 0.15) is 34.2 Å². The van der Waals surface area contributed by atoms with Crippen molar-refractivity contribution < 1.29 is 95.3 Å². The van der Waals surface area contributed by atoms with Gasteiger partial charge in [0.2, 0.25) is 17.8 Å². The molecule has 6 aromatic rings. The van der Waals surface area contributed by atoms with Crippen LogP contribution in [0.4, 0.5) is 34.9 Å². The maximum Gasteiger partial charge on any atom is 1.00 e. The number of para-hydroxylation sites is 2. The molecule has 4 aromatic carbocycles. The van der Waals surface area contributed by atoms with Crippen LogP contribution in [0.15, 0.2) is 107 Å². The van der Waals surface area contributed by atoms with Crippen LogP contribution in [-0.2, 0) is 39.5 Å². The number of aromatic nitrogens is 6. The molecular formula is C37H33N9Na2O8S2. The molecule has 6 rings (SSSR count). The van der Waals surface area contributed by atoms with Gasteiger partial charge in [0, 0.05) is 36.3 Å². The Hall–Kier alpha value is -4.22. The number of nitrogens with zero attached hydrogens (tertiary/aromatic N) is 6. The number of aliphatic hydroxyl groups excluding tert-OH is 2. The molecular weight excluding hydrogens is 809 g/mol. The molecule has 0 saturated heterocycles. The summed E-state index contributed by atoms with van der Waals surface area (Å²) in [5.41, 5.74) is 1.72. The Morgan fingerprint density at radius 3 is 1.45 bits per heavy atom. The van der Waals surface area contributed by atoms with Gasteiger partial charge in [-0.1, -0.05) is 66.7 Å². The van der Waals surface area contributed by atoms with Gasteiger partial charge in [-0.2, -0.15) is 24.9 Å². The Morgan fingerprint density at radius 1 is 0.517 bits per heavy atom. The van der Waals surface area contributed by atoms with Gasteiger partial charge in [-0.05, 0) is 59.2 Å². The first-order valence-corrected chi connectivity index (χ1v) is 19.7. The minimum Gasteiger partial charge on any atom is -0.744 e. The minimum absolute atomic E-state index is 0. The molecule has 0 amide bonds. The fourth-order valence-electron chi connectivity index (χ4n) is 5.36. The Morgan fingerprint density at radius 2 is 0.948 bits per heavy atom. The Kier molecular flexibility index (Phi) is 17.0. The largest absolute Gasteiger partial charge is 1.00 e. The molecule has 58 heavy (non-hydrogen) atoms. The molecule has 21 heteroatoms. The topological polar surface area (TPSA) is 268 Å². The van der Waals surface area contributed by atoms with Crippen molar-refractivity contribution in [2.45, 2.75) is 29.1 Å². The molecule has 0 saturated carbocycles. The van der Waals surface area contributed by atoms with E-state index in [1.807, 2.05) is 36.4 Å². The van der Waals surface area contributed by atoms with E-state index in [2.05, 4.69) is 45.9 Å². The van der Waals surface area contributed by atoms with Gasteiger partial charge < -0.3 is 35.3 Å². The SMILES string of the molecule is O=S(=O)([O-])c1cc(Cc2nc(CCO)nc(Nc3ccccc3)n2)ccc1/C=C/c1ccc(Nc2nc(CCO)nc(Nc3ccccc3)n2)cc1S(=O)(=O)[O-].[Na+].[Na+]. The molecule has 0 fully saturated rings. The van der Waals surface area contributed by atoms with E-state index >= 15 is 0 Å². The molecule has 0 bridgehead atoms. The molecule has 17 nitrogen and oxygen atoms in total. The summed E-state index contributed by atoms with van der Waals surface area (Å²) in [6, 6.07) is 26.0. The van der Waals surface area contributed by atoms with Crippen molar-refractivity contribution in [1.29, 1.82) is 0 Å². The van der Waals surface area contributed by atoms with E-state index in [-0.39, 0.29) is 138 Å². The minimum atomic E-state index is -5.09. The average Bonchev–Trinajstić information content (AvgIpc) is 3.15. The zero-order chi connectivity index (χ0) is 39.7. The second-order valence-electron chi connectivity index (χ2n) is 12.0. The number of benzene rings is 4. The molecule has 2 heterocycles. The standard InChI is InChI=1S/C37H35N9O8S2.2Na/c47-19-17-32-41-34(45-35(42-32)38-27-7-3-1-4-8-27)22-24-11-12-25(30(21-24)55(49,50)51)13-14-26-15-16-29(23-31(26)56(52,53)54)40-37-44-33(18-20-48)43-36(46-37)39-28-9-5-2-6-10-28;;/h1-16,21,23,47-48H,17-20,22H2,(H,49,50,51)(H,52,53,54)(H,38,41,42,45)(H2,39,40,43,44,46);;/q;2*+1/p-2/b14-13+;;. The number of aliphatic hydroxyl groups is 2. The third-order valence-corrected chi connectivity index (χ3v) is 9.62. The molecule has 0 atom stereocenters. The maximum absolute atomic E-state index is 12.4. The number of hydrogen-bond acceptors (Lipinski definition) is 17. The van der Waals surface area contributed by atoms with Crippen LogP contribution >= 0.6 is 0 Å². The number of anilines is 6. The summed E-state index contributed by atoms with van der Waals surface area (Å²) >= 11 is 0. The predicted octanol–water partition coefficient (Wildman–Crippen LogP) is -2.07. The second-order valence-corrected chi connectivity index (χ2v) is 14.7. The maximum atomic E-state index is 12.4. The van der Waals surface area contributed by atoms with Gasteiger partial charge >= 0.3 is 59.1 Å². The number of nitrogens with one attached hydrogen (secondary N) is 3. The Bertz CT molecular complexity index is 2420. The molecule has 0 spiro atoms. The smallest absolute Gasteiger partial charge is 0.744 e. The summed E-state index contributed by atoms with van der Waals surface area (Å²) < 4.78 is 74.6. The first-order chi connectivity index (χ1) is 26.9. The van der Waals surface area contributed by atoms with Gasteiger partial charge in [-0.15, -0.1) is 0 Å². The summed E-state index contributed by atoms with van der Waals surface area (Å²) in [5.74, 6) is 1.12. The van der Waals surface area contributed by atoms with Crippen LogP contribution in [0.2, 0.25) is 0 Å². The van der Waals surface area contributed by atoms with Gasteiger partial charge in [0.05, 0.1) is 23.0 Å². The Balaban J connectivity index is 0.00000372. The van der Waals surface area contributed by atoms with E-state index in [1.54, 1.807) is 30.3 Å². The Labute approximate surface area is 378 Å². The third kappa shape index (κ3) is 13.1. The van der Waals surface area contributed by atoms with Crippen molar-refractivity contribution in [2.75, 3.05) is 29.2 Å². The van der Waals surface area contributed by atoms with Crippen LogP contribution in [0.25, 0.3) is 12.2 Å². The van der Waals surface area contributed by atoms with Gasteiger partial charge in [-0.25, -0.2) is 21.8 Å². The van der Waals surface area contributed by atoms with E-state index in [9.17, 15) is 36.2 Å². The van der Waals surface area contributed by atoms with Crippen molar-refractivity contribution >= 4 is 67.3 Å². The quantitative estimate of drug-likeness (QED) is 0.0398. The summed E-state index contributed by atoms with van der Waals surface area (Å²) in [6.07, 6.45) is 2.65. The second kappa shape index (κ2) is 21.2. The first-order valence-electron chi connectivity index (χ1n) is 16.8. The van der Waals surface area contributed by atoms with Crippen molar-refractivity contribution in [3.8, 4) is 0 Å². The van der Waals surface area contributed by atoms with Crippen molar-refractivity contribution in [2.24, 2.45) is 0 Å². The molecule has 0 aliphatic heterocycles. The van der Waals surface area contributed by atoms with Crippen LogP contribution in [-0.4, -0.2) is 79.3 Å². The number of hydrogen-bond donors (Lipinski definition) is 5. The molecule has 0 aliphatic rings. The van der Waals surface area contributed by atoms with E-state index < -0.39 is 30.0 Å². The normalized spacial score (nSPS) is 11.4. The fourth-order valence-corrected chi connectivity index (χ4v) is 6.78. The average molecular weight is 842 g/mol. The molecule has 288 valence electrons. The van der Waals surface area contributed by atoms with E-state index in [1.165, 1.54) is 36.4 Å². The molecule has 0 aliphatic carbocycles. The molecule has 5 N–H and O–H groups in total. The number of rotatable bonds is 16. The zero-order valence-corrected chi connectivity index (χ0v) is 36.9. The summed E-state index contributed by atoms with van der Waals surface area (Å²) in [6.45, 7) is -0.466. The van der Waals surface area contributed by atoms with Crippen LogP contribution in [0, 0.1) is 0 Å². The summed E-state index contributed by atoms with van der Waals surface area (Å²) in [4.78, 5) is 24.7. The third-order valence-electron chi connectivity index (χ3n) is 7.83. The van der Waals surface area contributed by atoms with Crippen LogP contribution in [0.5, 0.6) is 0 Å². The zero-order valence-electron chi connectivity index (χ0n) is 31.3. The van der Waals surface area contributed by atoms with E-state index in [4.69, 9.17) is 0 Å². The molecule has 2 aromatic heterocycles. The fraction of sp³-hybridized carbons (Fsp3) is 0.135. The predicted molar refractivity (Wildman–Crippen MR) is 205 cm³/mol. The van der Waals surface area contributed by atoms with E-state index in [0.29, 0.717) is 22.8 Å². The molecule has 0 unspecified atom stereocenters. The van der Waals surface area contributed by atoms with Crippen molar-refractivity contribution in [3.63, 3.8) is 0 Å². The first kappa shape index (κ1) is 46.5. The van der Waals surface area contributed by atoms with Crippen LogP contribution in [0.3, 0.4) is 0 Å². The van der Waals surface area contributed by atoms with Gasteiger partial charge in [0.15, 0.2) is 0 Å². The van der Waals surface area contributed by atoms with Gasteiger partial charge in [0.25, 0.3) is 0 Å².